The lowest BCUT2D eigenvalue weighted by atomic mass is 10.0. The van der Waals surface area contributed by atoms with E-state index in [0.29, 0.717) is 11.4 Å². The van der Waals surface area contributed by atoms with E-state index in [1.807, 2.05) is 39.9 Å². The van der Waals surface area contributed by atoms with Crippen LogP contribution in [0.25, 0.3) is 17.0 Å². The zero-order valence-corrected chi connectivity index (χ0v) is 17.6. The first-order valence-electron chi connectivity index (χ1n) is 10.1. The van der Waals surface area contributed by atoms with E-state index >= 15 is 0 Å². The lowest BCUT2D eigenvalue weighted by Gasteiger charge is -2.33. The minimum Gasteiger partial charge on any atom is -0.338 e. The fourth-order valence-electron chi connectivity index (χ4n) is 4.14. The molecular formula is C22H25N3O3S. The molecule has 0 aliphatic carbocycles. The third-order valence-corrected chi connectivity index (χ3v) is 6.63. The predicted molar refractivity (Wildman–Crippen MR) is 115 cm³/mol. The minimum absolute atomic E-state index is 0.121. The number of likely N-dealkylation sites (tertiary alicyclic amines) is 1. The van der Waals surface area contributed by atoms with Crippen molar-refractivity contribution in [1.29, 1.82) is 0 Å². The molecule has 0 N–H and O–H groups in total. The van der Waals surface area contributed by atoms with Crippen LogP contribution in [0.4, 0.5) is 4.79 Å². The summed E-state index contributed by atoms with van der Waals surface area (Å²) in [4.78, 5) is 41.1. The molecule has 0 bridgehead atoms. The van der Waals surface area contributed by atoms with Gasteiger partial charge >= 0.3 is 0 Å². The lowest BCUT2D eigenvalue weighted by molar-refractivity contribution is -0.135. The zero-order chi connectivity index (χ0) is 20.5. The van der Waals surface area contributed by atoms with Crippen molar-refractivity contribution in [3.8, 4) is 0 Å². The van der Waals surface area contributed by atoms with Gasteiger partial charge in [-0.25, -0.2) is 0 Å². The van der Waals surface area contributed by atoms with Crippen molar-refractivity contribution < 1.29 is 14.4 Å². The summed E-state index contributed by atoms with van der Waals surface area (Å²) in [5.74, 6) is -0.131. The molecule has 0 spiro atoms. The molecule has 2 aliphatic rings. The van der Waals surface area contributed by atoms with Gasteiger partial charge in [0.2, 0.25) is 5.91 Å². The maximum atomic E-state index is 12.9. The van der Waals surface area contributed by atoms with Gasteiger partial charge in [0.15, 0.2) is 0 Å². The molecule has 7 heteroatoms. The standard InChI is InChI=1S/C22H25N3O3S/c1-3-24-21(27)19(29-22(24)28)12-16-13-23(18-10-5-4-9-17(16)18)14-20(26)25-11-7-6-8-15(25)2/h4-5,9-10,12-13,15H,3,6-8,11,14H2,1-2H3/b19-12-/t15-/m0/s1. The second-order valence-electron chi connectivity index (χ2n) is 7.59. The highest BCUT2D eigenvalue weighted by Crippen LogP contribution is 2.34. The van der Waals surface area contributed by atoms with Gasteiger partial charge in [0, 0.05) is 41.8 Å². The normalized spacial score (nSPS) is 21.6. The van der Waals surface area contributed by atoms with Crippen LogP contribution >= 0.6 is 11.8 Å². The van der Waals surface area contributed by atoms with Crippen molar-refractivity contribution in [3.63, 3.8) is 0 Å². The molecule has 2 saturated heterocycles. The fraction of sp³-hybridized carbons (Fsp3) is 0.409. The minimum atomic E-state index is -0.252. The molecule has 2 aliphatic heterocycles. The Morgan fingerprint density at radius 3 is 2.76 bits per heavy atom. The number of aromatic nitrogens is 1. The lowest BCUT2D eigenvalue weighted by Crippen LogP contribution is -2.43. The maximum Gasteiger partial charge on any atom is 0.293 e. The first kappa shape index (κ1) is 19.8. The molecule has 1 aromatic carbocycles. The topological polar surface area (TPSA) is 62.6 Å². The highest BCUT2D eigenvalue weighted by Gasteiger charge is 2.34. The average molecular weight is 412 g/mol. The number of piperidine rings is 1. The first-order chi connectivity index (χ1) is 14.0. The molecule has 0 unspecified atom stereocenters. The molecule has 0 radical (unpaired) electrons. The summed E-state index contributed by atoms with van der Waals surface area (Å²) in [6, 6.07) is 8.13. The van der Waals surface area contributed by atoms with E-state index in [1.165, 1.54) is 11.3 Å². The number of amides is 3. The van der Waals surface area contributed by atoms with Gasteiger partial charge in [-0.3, -0.25) is 19.3 Å². The molecular weight excluding hydrogens is 386 g/mol. The summed E-state index contributed by atoms with van der Waals surface area (Å²) in [5.41, 5.74) is 1.80. The Hall–Kier alpha value is -2.54. The van der Waals surface area contributed by atoms with Gasteiger partial charge in [-0.2, -0.15) is 0 Å². The van der Waals surface area contributed by atoms with Gasteiger partial charge in [-0.05, 0) is 57.0 Å². The fourth-order valence-corrected chi connectivity index (χ4v) is 5.03. The number of carbonyl (C=O) groups is 3. The highest BCUT2D eigenvalue weighted by molar-refractivity contribution is 8.18. The van der Waals surface area contributed by atoms with E-state index in [2.05, 4.69) is 6.92 Å². The SMILES string of the molecule is CCN1C(=O)S/C(=C\c2cn(CC(=O)N3CCCC[C@@H]3C)c3ccccc23)C1=O. The molecule has 0 saturated carbocycles. The van der Waals surface area contributed by atoms with Crippen molar-refractivity contribution in [2.45, 2.75) is 45.7 Å². The number of thioether (sulfide) groups is 1. The Labute approximate surface area is 174 Å². The second-order valence-corrected chi connectivity index (χ2v) is 8.58. The van der Waals surface area contributed by atoms with Crippen LogP contribution in [0.5, 0.6) is 0 Å². The van der Waals surface area contributed by atoms with E-state index < -0.39 is 0 Å². The van der Waals surface area contributed by atoms with Crippen LogP contribution in [0.3, 0.4) is 0 Å². The van der Waals surface area contributed by atoms with Gasteiger partial charge in [0.25, 0.3) is 11.1 Å². The largest absolute Gasteiger partial charge is 0.338 e. The van der Waals surface area contributed by atoms with Crippen molar-refractivity contribution in [2.75, 3.05) is 13.1 Å². The zero-order valence-electron chi connectivity index (χ0n) is 16.8. The number of hydrogen-bond acceptors (Lipinski definition) is 4. The molecule has 1 atom stereocenters. The molecule has 2 aromatic rings. The number of likely N-dealkylation sites (N-methyl/N-ethyl adjacent to an activating group) is 1. The summed E-state index contributed by atoms with van der Waals surface area (Å²) in [6.45, 7) is 5.36. The van der Waals surface area contributed by atoms with Crippen LogP contribution in [0.1, 0.15) is 38.7 Å². The van der Waals surface area contributed by atoms with Gasteiger partial charge in [-0.15, -0.1) is 0 Å². The van der Waals surface area contributed by atoms with Gasteiger partial charge < -0.3 is 9.47 Å². The molecule has 4 rings (SSSR count). The second kappa shape index (κ2) is 8.06. The van der Waals surface area contributed by atoms with Crippen LogP contribution in [0.2, 0.25) is 0 Å². The Bertz CT molecular complexity index is 1010. The summed E-state index contributed by atoms with van der Waals surface area (Å²) in [7, 11) is 0. The van der Waals surface area contributed by atoms with Gasteiger partial charge in [0.1, 0.15) is 6.54 Å². The van der Waals surface area contributed by atoms with Crippen LogP contribution in [-0.4, -0.2) is 50.6 Å². The van der Waals surface area contributed by atoms with Gasteiger partial charge in [-0.1, -0.05) is 18.2 Å². The Morgan fingerprint density at radius 2 is 2.03 bits per heavy atom. The number of hydrogen-bond donors (Lipinski definition) is 0. The third kappa shape index (κ3) is 3.71. The summed E-state index contributed by atoms with van der Waals surface area (Å²) >= 11 is 0.970. The Kier molecular flexibility index (Phi) is 5.50. The van der Waals surface area contributed by atoms with E-state index in [4.69, 9.17) is 0 Å². The molecule has 2 fully saturated rings. The highest BCUT2D eigenvalue weighted by atomic mass is 32.2. The van der Waals surface area contributed by atoms with Crippen LogP contribution in [0.15, 0.2) is 35.4 Å². The molecule has 1 aromatic heterocycles. The summed E-state index contributed by atoms with van der Waals surface area (Å²) < 4.78 is 1.95. The maximum absolute atomic E-state index is 12.9. The number of para-hydroxylation sites is 1. The average Bonchev–Trinajstić information content (AvgIpc) is 3.19. The van der Waals surface area contributed by atoms with E-state index in [-0.39, 0.29) is 29.6 Å². The summed E-state index contributed by atoms with van der Waals surface area (Å²) in [6.07, 6.45) is 6.97. The summed E-state index contributed by atoms with van der Waals surface area (Å²) in [5, 5.41) is 0.733. The number of nitrogens with zero attached hydrogens (tertiary/aromatic N) is 3. The van der Waals surface area contributed by atoms with Crippen molar-refractivity contribution in [2.24, 2.45) is 0 Å². The first-order valence-corrected chi connectivity index (χ1v) is 10.9. The molecule has 6 nitrogen and oxygen atoms in total. The van der Waals surface area contributed by atoms with Gasteiger partial charge in [0.05, 0.1) is 4.91 Å². The predicted octanol–water partition coefficient (Wildman–Crippen LogP) is 4.10. The van der Waals surface area contributed by atoms with E-state index in [0.717, 1.165) is 47.6 Å². The number of carbonyl (C=O) groups excluding carboxylic acids is 3. The van der Waals surface area contributed by atoms with Crippen LogP contribution in [-0.2, 0) is 16.1 Å². The number of rotatable bonds is 4. The van der Waals surface area contributed by atoms with Crippen molar-refractivity contribution >= 4 is 45.8 Å². The Morgan fingerprint density at radius 1 is 1.24 bits per heavy atom. The van der Waals surface area contributed by atoms with Crippen LogP contribution < -0.4 is 0 Å². The van der Waals surface area contributed by atoms with Crippen molar-refractivity contribution in [1.82, 2.24) is 14.4 Å². The number of imide groups is 1. The Balaban J connectivity index is 1.66. The number of benzene rings is 1. The van der Waals surface area contributed by atoms with E-state index in [9.17, 15) is 14.4 Å². The van der Waals surface area contributed by atoms with E-state index in [1.54, 1.807) is 13.0 Å². The molecule has 29 heavy (non-hydrogen) atoms. The van der Waals surface area contributed by atoms with Crippen LogP contribution in [0, 0.1) is 0 Å². The molecule has 3 amide bonds. The molecule has 152 valence electrons. The third-order valence-electron chi connectivity index (χ3n) is 5.72. The smallest absolute Gasteiger partial charge is 0.293 e. The van der Waals surface area contributed by atoms with Crippen molar-refractivity contribution in [3.05, 3.63) is 40.9 Å². The monoisotopic (exact) mass is 411 g/mol. The molecule has 3 heterocycles. The number of fused-ring (bicyclic) bond motifs is 1. The quantitative estimate of drug-likeness (QED) is 0.711.